The molecule has 0 aromatic carbocycles. The van der Waals surface area contributed by atoms with E-state index >= 15 is 0 Å². The third-order valence-electron chi connectivity index (χ3n) is 3.78. The van der Waals surface area contributed by atoms with Gasteiger partial charge in [0, 0.05) is 6.04 Å². The molecule has 0 radical (unpaired) electrons. The smallest absolute Gasteiger partial charge is 0.0131 e. The lowest BCUT2D eigenvalue weighted by Crippen LogP contribution is -2.27. The maximum absolute atomic E-state index is 3.72. The monoisotopic (exact) mass is 196 g/mol. The molecule has 0 aromatic heterocycles. The van der Waals surface area contributed by atoms with E-state index in [9.17, 15) is 0 Å². The van der Waals surface area contributed by atoms with Crippen molar-refractivity contribution in [3.05, 3.63) is 0 Å². The number of hydrogen-bond donors (Lipinski definition) is 1. The number of rotatable bonds is 3. The number of nitrogens with one attached hydrogen (secondary N) is 1. The molecule has 2 heteroatoms. The van der Waals surface area contributed by atoms with Crippen molar-refractivity contribution in [3.8, 4) is 0 Å². The summed E-state index contributed by atoms with van der Waals surface area (Å²) in [5.41, 5.74) is 0. The highest BCUT2D eigenvalue weighted by molar-refractivity contribution is 5.04. The van der Waals surface area contributed by atoms with E-state index in [0.717, 1.165) is 23.8 Å². The molecule has 2 aliphatic rings. The van der Waals surface area contributed by atoms with Gasteiger partial charge in [0.15, 0.2) is 0 Å². The maximum Gasteiger partial charge on any atom is 0.0131 e. The Morgan fingerprint density at radius 3 is 2.29 bits per heavy atom. The molecule has 2 fully saturated rings. The van der Waals surface area contributed by atoms with Gasteiger partial charge in [0.2, 0.25) is 0 Å². The largest absolute Gasteiger partial charge is 0.313 e. The van der Waals surface area contributed by atoms with Crippen molar-refractivity contribution >= 4 is 0 Å². The second-order valence-corrected chi connectivity index (χ2v) is 5.54. The summed E-state index contributed by atoms with van der Waals surface area (Å²) in [6.07, 6.45) is 2.83. The van der Waals surface area contributed by atoms with Crippen LogP contribution in [0.3, 0.4) is 0 Å². The van der Waals surface area contributed by atoms with E-state index in [1.807, 2.05) is 0 Å². The highest BCUT2D eigenvalue weighted by Crippen LogP contribution is 2.45. The van der Waals surface area contributed by atoms with Crippen LogP contribution in [-0.4, -0.2) is 37.6 Å². The summed E-state index contributed by atoms with van der Waals surface area (Å²) >= 11 is 0. The molecule has 0 spiro atoms. The number of fused-ring (bicyclic) bond motifs is 1. The average Bonchev–Trinajstić information content (AvgIpc) is 2.82. The zero-order chi connectivity index (χ0) is 10.1. The number of likely N-dealkylation sites (tertiary alicyclic amines) is 1. The summed E-state index contributed by atoms with van der Waals surface area (Å²) in [6, 6.07) is 0.867. The van der Waals surface area contributed by atoms with Crippen LogP contribution in [0.15, 0.2) is 0 Å². The van der Waals surface area contributed by atoms with E-state index < -0.39 is 0 Å². The summed E-state index contributed by atoms with van der Waals surface area (Å²) < 4.78 is 0. The van der Waals surface area contributed by atoms with Crippen LogP contribution < -0.4 is 5.32 Å². The summed E-state index contributed by atoms with van der Waals surface area (Å²) in [5.74, 6) is 2.79. The molecule has 3 atom stereocenters. The van der Waals surface area contributed by atoms with Crippen molar-refractivity contribution in [1.29, 1.82) is 0 Å². The molecule has 0 bridgehead atoms. The zero-order valence-corrected chi connectivity index (χ0v) is 9.79. The topological polar surface area (TPSA) is 15.3 Å². The fourth-order valence-electron chi connectivity index (χ4n) is 2.76. The lowest BCUT2D eigenvalue weighted by molar-refractivity contribution is 0.327. The molecule has 2 unspecified atom stereocenters. The molecular weight excluding hydrogens is 172 g/mol. The highest BCUT2D eigenvalue weighted by Gasteiger charge is 2.49. The van der Waals surface area contributed by atoms with Crippen LogP contribution in [0, 0.1) is 17.8 Å². The molecular formula is C12H24N2. The van der Waals surface area contributed by atoms with Gasteiger partial charge in [-0.3, -0.25) is 0 Å². The molecule has 1 N–H and O–H groups in total. The van der Waals surface area contributed by atoms with E-state index in [1.165, 1.54) is 32.5 Å². The first-order chi connectivity index (χ1) is 6.68. The minimum absolute atomic E-state index is 0.794. The quantitative estimate of drug-likeness (QED) is 0.737. The second kappa shape index (κ2) is 4.19. The van der Waals surface area contributed by atoms with Gasteiger partial charge < -0.3 is 10.2 Å². The number of hydrogen-bond acceptors (Lipinski definition) is 2. The van der Waals surface area contributed by atoms with Crippen LogP contribution in [-0.2, 0) is 0 Å². The summed E-state index contributed by atoms with van der Waals surface area (Å²) in [5, 5.41) is 3.72. The molecule has 0 amide bonds. The fraction of sp³-hybridized carbons (Fsp3) is 1.00. The summed E-state index contributed by atoms with van der Waals surface area (Å²) in [6.45, 7) is 8.40. The van der Waals surface area contributed by atoms with Crippen LogP contribution in [0.4, 0.5) is 0 Å². The van der Waals surface area contributed by atoms with Gasteiger partial charge in [0.05, 0.1) is 0 Å². The number of nitrogens with zero attached hydrogens (tertiary/aromatic N) is 1. The predicted octanol–water partition coefficient (Wildman–Crippen LogP) is 1.57. The molecule has 2 rings (SSSR count). The van der Waals surface area contributed by atoms with Gasteiger partial charge in [-0.15, -0.1) is 0 Å². The molecule has 82 valence electrons. The van der Waals surface area contributed by atoms with Crippen molar-refractivity contribution < 1.29 is 0 Å². The van der Waals surface area contributed by atoms with Crippen LogP contribution in [0.2, 0.25) is 0 Å². The Balaban J connectivity index is 1.73. The Kier molecular flexibility index (Phi) is 3.13. The van der Waals surface area contributed by atoms with E-state index in [0.29, 0.717) is 0 Å². The molecule has 14 heavy (non-hydrogen) atoms. The van der Waals surface area contributed by atoms with E-state index in [2.05, 4.69) is 31.1 Å². The Bertz CT molecular complexity index is 177. The highest BCUT2D eigenvalue weighted by atomic mass is 15.1. The standard InChI is InChI=1S/C12H24N2/c1-9(2)8-13-12-10-4-6-14(3)7-5-11(10)12/h9-13H,4-8H2,1-3H3/t10-,11?,12?/m0/s1. The van der Waals surface area contributed by atoms with Crippen LogP contribution >= 0.6 is 0 Å². The minimum atomic E-state index is 0.794. The van der Waals surface area contributed by atoms with Gasteiger partial charge in [-0.25, -0.2) is 0 Å². The van der Waals surface area contributed by atoms with Gasteiger partial charge >= 0.3 is 0 Å². The van der Waals surface area contributed by atoms with Crippen molar-refractivity contribution in [2.45, 2.75) is 32.7 Å². The third-order valence-corrected chi connectivity index (χ3v) is 3.78. The Morgan fingerprint density at radius 2 is 1.79 bits per heavy atom. The van der Waals surface area contributed by atoms with Gasteiger partial charge in [0.25, 0.3) is 0 Å². The maximum atomic E-state index is 3.72. The first-order valence-corrected chi connectivity index (χ1v) is 6.10. The van der Waals surface area contributed by atoms with Gasteiger partial charge in [-0.1, -0.05) is 13.8 Å². The van der Waals surface area contributed by atoms with Crippen molar-refractivity contribution in [1.82, 2.24) is 10.2 Å². The zero-order valence-electron chi connectivity index (χ0n) is 9.79. The Hall–Kier alpha value is -0.0800. The molecule has 1 heterocycles. The van der Waals surface area contributed by atoms with E-state index in [-0.39, 0.29) is 0 Å². The summed E-state index contributed by atoms with van der Waals surface area (Å²) in [7, 11) is 2.25. The van der Waals surface area contributed by atoms with Crippen molar-refractivity contribution in [2.24, 2.45) is 17.8 Å². The van der Waals surface area contributed by atoms with Crippen LogP contribution in [0.1, 0.15) is 26.7 Å². The first kappa shape index (κ1) is 10.4. The van der Waals surface area contributed by atoms with E-state index in [4.69, 9.17) is 0 Å². The lowest BCUT2D eigenvalue weighted by Gasteiger charge is -2.15. The first-order valence-electron chi connectivity index (χ1n) is 6.10. The normalized spacial score (nSPS) is 38.1. The Labute approximate surface area is 88.1 Å². The average molecular weight is 196 g/mol. The van der Waals surface area contributed by atoms with Crippen molar-refractivity contribution in [2.75, 3.05) is 26.7 Å². The molecule has 1 aliphatic heterocycles. The molecule has 2 nitrogen and oxygen atoms in total. The summed E-state index contributed by atoms with van der Waals surface area (Å²) in [4.78, 5) is 2.48. The molecule has 1 aliphatic carbocycles. The van der Waals surface area contributed by atoms with Gasteiger partial charge in [-0.05, 0) is 57.3 Å². The van der Waals surface area contributed by atoms with Crippen LogP contribution in [0.25, 0.3) is 0 Å². The SMILES string of the molecule is CC(C)CNC1C2CCN(C)CC[C@@H]21. The molecule has 1 saturated heterocycles. The third kappa shape index (κ3) is 2.29. The second-order valence-electron chi connectivity index (χ2n) is 5.54. The minimum Gasteiger partial charge on any atom is -0.313 e. The fourth-order valence-corrected chi connectivity index (χ4v) is 2.76. The van der Waals surface area contributed by atoms with Gasteiger partial charge in [0.1, 0.15) is 0 Å². The van der Waals surface area contributed by atoms with Crippen molar-refractivity contribution in [3.63, 3.8) is 0 Å². The molecule has 0 aromatic rings. The lowest BCUT2D eigenvalue weighted by atomic mass is 10.2. The van der Waals surface area contributed by atoms with E-state index in [1.54, 1.807) is 0 Å². The van der Waals surface area contributed by atoms with Crippen LogP contribution in [0.5, 0.6) is 0 Å². The Morgan fingerprint density at radius 1 is 1.21 bits per heavy atom. The predicted molar refractivity (Wildman–Crippen MR) is 60.3 cm³/mol. The van der Waals surface area contributed by atoms with Gasteiger partial charge in [-0.2, -0.15) is 0 Å². The molecule has 1 saturated carbocycles.